The summed E-state index contributed by atoms with van der Waals surface area (Å²) in [6, 6.07) is 4.15. The van der Waals surface area contributed by atoms with E-state index in [1.807, 2.05) is 6.07 Å². The highest BCUT2D eigenvalue weighted by Gasteiger charge is 2.12. The lowest BCUT2D eigenvalue weighted by atomic mass is 9.99. The summed E-state index contributed by atoms with van der Waals surface area (Å²) >= 11 is 3.54. The van der Waals surface area contributed by atoms with Gasteiger partial charge in [-0.3, -0.25) is 0 Å². The molecule has 0 spiro atoms. The standard InChI is InChI=1S/C11H16BrNO/c1-7-4-9(8(2)6-13)11(12)10(5-7)14-3/h4-5,8H,6,13H2,1-3H3. The van der Waals surface area contributed by atoms with Crippen LogP contribution in [0.2, 0.25) is 0 Å². The highest BCUT2D eigenvalue weighted by atomic mass is 79.9. The summed E-state index contributed by atoms with van der Waals surface area (Å²) in [5, 5.41) is 0. The normalized spacial score (nSPS) is 12.6. The van der Waals surface area contributed by atoms with Gasteiger partial charge in [-0.05, 0) is 52.5 Å². The molecule has 0 heterocycles. The summed E-state index contributed by atoms with van der Waals surface area (Å²) in [7, 11) is 1.68. The number of halogens is 1. The van der Waals surface area contributed by atoms with Crippen molar-refractivity contribution in [2.45, 2.75) is 19.8 Å². The molecule has 1 rings (SSSR count). The van der Waals surface area contributed by atoms with Crippen molar-refractivity contribution in [2.75, 3.05) is 13.7 Å². The number of hydrogen-bond acceptors (Lipinski definition) is 2. The summed E-state index contributed by atoms with van der Waals surface area (Å²) in [6.45, 7) is 4.81. The number of nitrogens with two attached hydrogens (primary N) is 1. The topological polar surface area (TPSA) is 35.2 Å². The molecule has 0 aromatic heterocycles. The number of rotatable bonds is 3. The summed E-state index contributed by atoms with van der Waals surface area (Å²) < 4.78 is 6.29. The van der Waals surface area contributed by atoms with Crippen LogP contribution in [0.5, 0.6) is 5.75 Å². The summed E-state index contributed by atoms with van der Waals surface area (Å²) in [5.74, 6) is 1.22. The first kappa shape index (κ1) is 11.5. The Kier molecular flexibility index (Phi) is 3.96. The molecule has 0 bridgehead atoms. The Balaban J connectivity index is 3.21. The second kappa shape index (κ2) is 4.80. The van der Waals surface area contributed by atoms with E-state index in [0.29, 0.717) is 12.5 Å². The quantitative estimate of drug-likeness (QED) is 0.904. The molecule has 0 amide bonds. The fourth-order valence-corrected chi connectivity index (χ4v) is 2.18. The van der Waals surface area contributed by atoms with E-state index < -0.39 is 0 Å². The predicted octanol–water partition coefficient (Wildman–Crippen LogP) is 2.83. The van der Waals surface area contributed by atoms with Gasteiger partial charge in [-0.25, -0.2) is 0 Å². The molecule has 0 fully saturated rings. The molecule has 1 aromatic rings. The molecule has 0 saturated carbocycles. The third-order valence-corrected chi connectivity index (χ3v) is 3.16. The van der Waals surface area contributed by atoms with Gasteiger partial charge in [-0.15, -0.1) is 0 Å². The zero-order valence-corrected chi connectivity index (χ0v) is 10.4. The Morgan fingerprint density at radius 1 is 1.50 bits per heavy atom. The number of ether oxygens (including phenoxy) is 1. The van der Waals surface area contributed by atoms with Gasteiger partial charge in [0.05, 0.1) is 11.6 Å². The van der Waals surface area contributed by atoms with Crippen molar-refractivity contribution >= 4 is 15.9 Å². The van der Waals surface area contributed by atoms with Crippen LogP contribution < -0.4 is 10.5 Å². The first-order chi connectivity index (χ1) is 6.60. The smallest absolute Gasteiger partial charge is 0.133 e. The van der Waals surface area contributed by atoms with Gasteiger partial charge < -0.3 is 10.5 Å². The van der Waals surface area contributed by atoms with Gasteiger partial charge in [-0.1, -0.05) is 13.0 Å². The molecule has 2 nitrogen and oxygen atoms in total. The fraction of sp³-hybridized carbons (Fsp3) is 0.455. The molecular weight excluding hydrogens is 242 g/mol. The summed E-state index contributed by atoms with van der Waals surface area (Å²) in [4.78, 5) is 0. The van der Waals surface area contributed by atoms with E-state index in [9.17, 15) is 0 Å². The third kappa shape index (κ3) is 2.28. The van der Waals surface area contributed by atoms with Crippen LogP contribution in [0.3, 0.4) is 0 Å². The van der Waals surface area contributed by atoms with E-state index in [0.717, 1.165) is 10.2 Å². The van der Waals surface area contributed by atoms with Crippen molar-refractivity contribution in [3.05, 3.63) is 27.7 Å². The molecule has 14 heavy (non-hydrogen) atoms. The van der Waals surface area contributed by atoms with Crippen LogP contribution in [-0.2, 0) is 0 Å². The van der Waals surface area contributed by atoms with Gasteiger partial charge >= 0.3 is 0 Å². The minimum Gasteiger partial charge on any atom is -0.496 e. The second-order valence-corrected chi connectivity index (χ2v) is 4.30. The largest absolute Gasteiger partial charge is 0.496 e. The Labute approximate surface area is 93.6 Å². The van der Waals surface area contributed by atoms with Crippen LogP contribution in [0.4, 0.5) is 0 Å². The maximum absolute atomic E-state index is 5.65. The minimum atomic E-state index is 0.346. The molecule has 0 aliphatic rings. The number of methoxy groups -OCH3 is 1. The molecule has 3 heteroatoms. The lowest BCUT2D eigenvalue weighted by Crippen LogP contribution is -2.10. The number of hydrogen-bond donors (Lipinski definition) is 1. The van der Waals surface area contributed by atoms with Crippen LogP contribution >= 0.6 is 15.9 Å². The summed E-state index contributed by atoms with van der Waals surface area (Å²) in [5.41, 5.74) is 8.06. The van der Waals surface area contributed by atoms with Crippen molar-refractivity contribution in [2.24, 2.45) is 5.73 Å². The zero-order valence-electron chi connectivity index (χ0n) is 8.80. The van der Waals surface area contributed by atoms with Gasteiger partial charge in [0.15, 0.2) is 0 Å². The van der Waals surface area contributed by atoms with Crippen LogP contribution in [0.25, 0.3) is 0 Å². The molecule has 78 valence electrons. The second-order valence-electron chi connectivity index (χ2n) is 3.51. The summed E-state index contributed by atoms with van der Waals surface area (Å²) in [6.07, 6.45) is 0. The fourth-order valence-electron chi connectivity index (χ4n) is 1.40. The minimum absolute atomic E-state index is 0.346. The van der Waals surface area contributed by atoms with E-state index in [1.165, 1.54) is 11.1 Å². The SMILES string of the molecule is COc1cc(C)cc(C(C)CN)c1Br. The van der Waals surface area contributed by atoms with E-state index >= 15 is 0 Å². The molecule has 0 aliphatic heterocycles. The first-order valence-corrected chi connectivity index (χ1v) is 5.43. The van der Waals surface area contributed by atoms with E-state index in [2.05, 4.69) is 35.8 Å². The van der Waals surface area contributed by atoms with Crippen LogP contribution in [0.1, 0.15) is 24.0 Å². The molecule has 0 aliphatic carbocycles. The van der Waals surface area contributed by atoms with E-state index in [4.69, 9.17) is 10.5 Å². The maximum atomic E-state index is 5.65. The molecular formula is C11H16BrNO. The van der Waals surface area contributed by atoms with Crippen LogP contribution in [0, 0.1) is 6.92 Å². The molecule has 1 aromatic carbocycles. The van der Waals surface area contributed by atoms with Crippen molar-refractivity contribution in [3.8, 4) is 5.75 Å². The predicted molar refractivity (Wildman–Crippen MR) is 62.9 cm³/mol. The van der Waals surface area contributed by atoms with Crippen molar-refractivity contribution < 1.29 is 4.74 Å². The first-order valence-electron chi connectivity index (χ1n) is 4.64. The Morgan fingerprint density at radius 3 is 2.64 bits per heavy atom. The lowest BCUT2D eigenvalue weighted by molar-refractivity contribution is 0.410. The van der Waals surface area contributed by atoms with Crippen LogP contribution in [-0.4, -0.2) is 13.7 Å². The van der Waals surface area contributed by atoms with Crippen molar-refractivity contribution in [1.82, 2.24) is 0 Å². The highest BCUT2D eigenvalue weighted by Crippen LogP contribution is 2.34. The Morgan fingerprint density at radius 2 is 2.14 bits per heavy atom. The van der Waals surface area contributed by atoms with Gasteiger partial charge in [0.2, 0.25) is 0 Å². The average Bonchev–Trinajstić information content (AvgIpc) is 2.19. The Bertz CT molecular complexity index is 325. The lowest BCUT2D eigenvalue weighted by Gasteiger charge is -2.15. The molecule has 0 saturated heterocycles. The molecule has 1 unspecified atom stereocenters. The molecule has 1 atom stereocenters. The van der Waals surface area contributed by atoms with Gasteiger partial charge in [0, 0.05) is 0 Å². The number of benzene rings is 1. The van der Waals surface area contributed by atoms with Crippen molar-refractivity contribution in [3.63, 3.8) is 0 Å². The molecule has 0 radical (unpaired) electrons. The van der Waals surface area contributed by atoms with Gasteiger partial charge in [-0.2, -0.15) is 0 Å². The zero-order chi connectivity index (χ0) is 10.7. The van der Waals surface area contributed by atoms with Gasteiger partial charge in [0.25, 0.3) is 0 Å². The third-order valence-electron chi connectivity index (χ3n) is 2.32. The van der Waals surface area contributed by atoms with Crippen molar-refractivity contribution in [1.29, 1.82) is 0 Å². The van der Waals surface area contributed by atoms with Gasteiger partial charge in [0.1, 0.15) is 5.75 Å². The van der Waals surface area contributed by atoms with Crippen LogP contribution in [0.15, 0.2) is 16.6 Å². The molecule has 2 N–H and O–H groups in total. The Hall–Kier alpha value is -0.540. The van der Waals surface area contributed by atoms with E-state index in [-0.39, 0.29) is 0 Å². The maximum Gasteiger partial charge on any atom is 0.133 e. The highest BCUT2D eigenvalue weighted by molar-refractivity contribution is 9.10. The monoisotopic (exact) mass is 257 g/mol. The average molecular weight is 258 g/mol. The number of aryl methyl sites for hydroxylation is 1. The van der Waals surface area contributed by atoms with E-state index in [1.54, 1.807) is 7.11 Å².